The van der Waals surface area contributed by atoms with E-state index in [4.69, 9.17) is 4.74 Å². The van der Waals surface area contributed by atoms with Crippen LogP contribution in [0, 0.1) is 5.41 Å². The minimum absolute atomic E-state index is 0.0953. The summed E-state index contributed by atoms with van der Waals surface area (Å²) in [5.41, 5.74) is 2.50. The molecule has 2 aromatic rings. The lowest BCUT2D eigenvalue weighted by Crippen LogP contribution is -2.72. The molecule has 0 bridgehead atoms. The first-order chi connectivity index (χ1) is 12.8. The maximum absolute atomic E-state index is 5.79. The number of nitrogens with one attached hydrogen (secondary N) is 1. The predicted molar refractivity (Wildman–Crippen MR) is 110 cm³/mol. The van der Waals surface area contributed by atoms with Crippen molar-refractivity contribution in [3.63, 3.8) is 0 Å². The minimum atomic E-state index is 0.0953. The van der Waals surface area contributed by atoms with Gasteiger partial charge in [0.2, 0.25) is 0 Å². The summed E-state index contributed by atoms with van der Waals surface area (Å²) in [5.74, 6) is 1.80. The largest absolute Gasteiger partial charge is 0.487 e. The number of aromatic nitrogens is 1. The Morgan fingerprint density at radius 1 is 1.15 bits per heavy atom. The average Bonchev–Trinajstić information content (AvgIpc) is 2.67. The Morgan fingerprint density at radius 2 is 1.89 bits per heavy atom. The first-order valence-electron chi connectivity index (χ1n) is 9.43. The van der Waals surface area contributed by atoms with Crippen LogP contribution in [0.1, 0.15) is 39.0 Å². The van der Waals surface area contributed by atoms with E-state index in [-0.39, 0.29) is 11.0 Å². The maximum atomic E-state index is 5.79. The van der Waals surface area contributed by atoms with Gasteiger partial charge in [0.05, 0.1) is 5.69 Å². The lowest BCUT2D eigenvalue weighted by molar-refractivity contribution is -0.0667. The minimum Gasteiger partial charge on any atom is -0.487 e. The van der Waals surface area contributed by atoms with Crippen LogP contribution in [0.4, 0.5) is 0 Å². The third-order valence-electron chi connectivity index (χ3n) is 5.84. The van der Waals surface area contributed by atoms with Crippen molar-refractivity contribution in [3.8, 4) is 5.75 Å². The summed E-state index contributed by atoms with van der Waals surface area (Å²) >= 11 is 0. The van der Waals surface area contributed by atoms with Crippen LogP contribution in [0.3, 0.4) is 0 Å². The summed E-state index contributed by atoms with van der Waals surface area (Å²) in [6.07, 6.45) is 1.78. The van der Waals surface area contributed by atoms with Gasteiger partial charge >= 0.3 is 0 Å². The molecule has 0 aliphatic carbocycles. The molecule has 1 aromatic heterocycles. The summed E-state index contributed by atoms with van der Waals surface area (Å²) < 4.78 is 5.79. The second kappa shape index (κ2) is 7.59. The molecule has 0 spiro atoms. The van der Waals surface area contributed by atoms with Crippen LogP contribution >= 0.6 is 0 Å². The van der Waals surface area contributed by atoms with Gasteiger partial charge in [-0.15, -0.1) is 0 Å². The molecule has 1 N–H and O–H groups in total. The Hall–Kier alpha value is -2.56. The van der Waals surface area contributed by atoms with Gasteiger partial charge in [-0.3, -0.25) is 9.98 Å². The van der Waals surface area contributed by atoms with Gasteiger partial charge in [-0.2, -0.15) is 0 Å². The summed E-state index contributed by atoms with van der Waals surface area (Å²) in [5, 5.41) is 3.48. The summed E-state index contributed by atoms with van der Waals surface area (Å²) in [6, 6.07) is 14.0. The average molecular weight is 367 g/mol. The van der Waals surface area contributed by atoms with E-state index in [2.05, 4.69) is 60.0 Å². The summed E-state index contributed by atoms with van der Waals surface area (Å²) in [4.78, 5) is 11.1. The Balaban J connectivity index is 1.52. The first-order valence-corrected chi connectivity index (χ1v) is 9.43. The molecule has 0 saturated carbocycles. The van der Waals surface area contributed by atoms with E-state index in [1.165, 1.54) is 5.56 Å². The zero-order valence-corrected chi connectivity index (χ0v) is 17.0. The van der Waals surface area contributed by atoms with Gasteiger partial charge in [0.25, 0.3) is 0 Å². The smallest absolute Gasteiger partial charge is 0.194 e. The van der Waals surface area contributed by atoms with Crippen molar-refractivity contribution in [3.05, 3.63) is 59.9 Å². The zero-order chi connectivity index (χ0) is 19.5. The standard InChI is InChI=1S/C22H30N4O/c1-21(2)16-26(22(21,3)4)20(23-5)25-14-17-9-11-19(12-10-17)27-15-18-8-6-7-13-24-18/h6-13H,14-16H2,1-5H3,(H,23,25). The Labute approximate surface area is 162 Å². The Bertz CT molecular complexity index is 782. The fourth-order valence-corrected chi connectivity index (χ4v) is 3.22. The number of nitrogens with zero attached hydrogens (tertiary/aromatic N) is 3. The van der Waals surface area contributed by atoms with Gasteiger partial charge in [-0.25, -0.2) is 0 Å². The van der Waals surface area contributed by atoms with E-state index >= 15 is 0 Å². The molecule has 3 rings (SSSR count). The molecule has 0 unspecified atom stereocenters. The third-order valence-corrected chi connectivity index (χ3v) is 5.84. The highest BCUT2D eigenvalue weighted by Crippen LogP contribution is 2.46. The molecule has 5 nitrogen and oxygen atoms in total. The van der Waals surface area contributed by atoms with Crippen LogP contribution in [0.15, 0.2) is 53.7 Å². The highest BCUT2D eigenvalue weighted by molar-refractivity contribution is 5.82. The topological polar surface area (TPSA) is 49.8 Å². The Kier molecular flexibility index (Phi) is 5.40. The number of hydrogen-bond acceptors (Lipinski definition) is 3. The van der Waals surface area contributed by atoms with Gasteiger partial charge in [-0.05, 0) is 43.7 Å². The van der Waals surface area contributed by atoms with Crippen LogP contribution in [0.5, 0.6) is 5.75 Å². The molecule has 27 heavy (non-hydrogen) atoms. The molecule has 0 amide bonds. The molecule has 1 saturated heterocycles. The highest BCUT2D eigenvalue weighted by atomic mass is 16.5. The predicted octanol–water partition coefficient (Wildman–Crippen LogP) is 3.86. The third kappa shape index (κ3) is 4.07. The van der Waals surface area contributed by atoms with Gasteiger partial charge < -0.3 is 15.0 Å². The number of aliphatic imine (C=N–C) groups is 1. The summed E-state index contributed by atoms with van der Waals surface area (Å²) in [6.45, 7) is 11.4. The van der Waals surface area contributed by atoms with Crippen molar-refractivity contribution in [2.75, 3.05) is 13.6 Å². The van der Waals surface area contributed by atoms with Crippen LogP contribution in [-0.4, -0.2) is 35.0 Å². The second-order valence-electron chi connectivity index (χ2n) is 8.18. The molecular formula is C22H30N4O. The van der Waals surface area contributed by atoms with Gasteiger partial charge in [-0.1, -0.05) is 32.0 Å². The normalized spacial score (nSPS) is 18.0. The number of pyridine rings is 1. The molecule has 5 heteroatoms. The van der Waals surface area contributed by atoms with Crippen LogP contribution < -0.4 is 10.1 Å². The zero-order valence-electron chi connectivity index (χ0n) is 17.0. The molecule has 1 aliphatic heterocycles. The van der Waals surface area contributed by atoms with Crippen molar-refractivity contribution in [2.24, 2.45) is 10.4 Å². The number of likely N-dealkylation sites (tertiary alicyclic amines) is 1. The lowest BCUT2D eigenvalue weighted by Gasteiger charge is -2.62. The molecule has 2 heterocycles. The summed E-state index contributed by atoms with van der Waals surface area (Å²) in [7, 11) is 1.85. The molecule has 0 atom stereocenters. The molecule has 1 fully saturated rings. The number of ether oxygens (including phenoxy) is 1. The van der Waals surface area contributed by atoms with Gasteiger partial charge in [0, 0.05) is 37.3 Å². The van der Waals surface area contributed by atoms with Crippen LogP contribution in [0.25, 0.3) is 0 Å². The van der Waals surface area contributed by atoms with Crippen molar-refractivity contribution in [2.45, 2.75) is 46.4 Å². The molecule has 1 aliphatic rings. The van der Waals surface area contributed by atoms with E-state index < -0.39 is 0 Å². The molecular weight excluding hydrogens is 336 g/mol. The highest BCUT2D eigenvalue weighted by Gasteiger charge is 2.53. The first kappa shape index (κ1) is 19.2. The fourth-order valence-electron chi connectivity index (χ4n) is 3.22. The van der Waals surface area contributed by atoms with Crippen molar-refractivity contribution in [1.82, 2.24) is 15.2 Å². The van der Waals surface area contributed by atoms with Crippen molar-refractivity contribution >= 4 is 5.96 Å². The van der Waals surface area contributed by atoms with Gasteiger partial charge in [0.1, 0.15) is 12.4 Å². The van der Waals surface area contributed by atoms with Crippen molar-refractivity contribution < 1.29 is 4.74 Å². The van der Waals surface area contributed by atoms with Crippen LogP contribution in [-0.2, 0) is 13.2 Å². The monoisotopic (exact) mass is 366 g/mol. The maximum Gasteiger partial charge on any atom is 0.194 e. The second-order valence-corrected chi connectivity index (χ2v) is 8.18. The Morgan fingerprint density at radius 3 is 2.44 bits per heavy atom. The van der Waals surface area contributed by atoms with E-state index in [1.54, 1.807) is 6.20 Å². The fraction of sp³-hybridized carbons (Fsp3) is 0.455. The molecule has 1 aromatic carbocycles. The quantitative estimate of drug-likeness (QED) is 0.645. The van der Waals surface area contributed by atoms with E-state index in [0.717, 1.165) is 30.5 Å². The molecule has 0 radical (unpaired) electrons. The SMILES string of the molecule is CN=C(NCc1ccc(OCc2ccccn2)cc1)N1CC(C)(C)C1(C)C. The van der Waals surface area contributed by atoms with E-state index in [0.29, 0.717) is 6.61 Å². The number of rotatable bonds is 5. The van der Waals surface area contributed by atoms with Gasteiger partial charge in [0.15, 0.2) is 5.96 Å². The number of hydrogen-bond donors (Lipinski definition) is 1. The van der Waals surface area contributed by atoms with Crippen molar-refractivity contribution in [1.29, 1.82) is 0 Å². The lowest BCUT2D eigenvalue weighted by atomic mass is 9.65. The van der Waals surface area contributed by atoms with E-state index in [1.807, 2.05) is 37.4 Å². The number of guanidine groups is 1. The van der Waals surface area contributed by atoms with E-state index in [9.17, 15) is 0 Å². The van der Waals surface area contributed by atoms with Crippen LogP contribution in [0.2, 0.25) is 0 Å². The molecule has 144 valence electrons. The number of benzene rings is 1.